The minimum absolute atomic E-state index is 0.0463. The fourth-order valence-corrected chi connectivity index (χ4v) is 4.22. The van der Waals surface area contributed by atoms with Crippen molar-refractivity contribution in [1.29, 1.82) is 0 Å². The van der Waals surface area contributed by atoms with Crippen LogP contribution in [0.15, 0.2) is 66.7 Å². The molecule has 34 heavy (non-hydrogen) atoms. The maximum atomic E-state index is 12.6. The largest absolute Gasteiger partial charge is 0.481 e. The van der Waals surface area contributed by atoms with Crippen molar-refractivity contribution in [3.05, 3.63) is 89.0 Å². The molecule has 1 aliphatic carbocycles. The van der Waals surface area contributed by atoms with E-state index in [1.807, 2.05) is 31.2 Å². The SMILES string of the molecule is Cc1ccc(C(=O)N(C)CCC(=O)O)cc1NC(=O)OCC1c2ccccc2-c2ccccc21. The molecule has 0 bridgehead atoms. The summed E-state index contributed by atoms with van der Waals surface area (Å²) in [5.41, 5.74) is 6.16. The number of aliphatic carboxylic acids is 1. The molecule has 1 aliphatic rings. The lowest BCUT2D eigenvalue weighted by Gasteiger charge is -2.18. The molecule has 0 spiro atoms. The van der Waals surface area contributed by atoms with E-state index >= 15 is 0 Å². The van der Waals surface area contributed by atoms with Crippen LogP contribution in [-0.2, 0) is 9.53 Å². The lowest BCUT2D eigenvalue weighted by atomic mass is 9.98. The third-order valence-electron chi connectivity index (χ3n) is 6.07. The summed E-state index contributed by atoms with van der Waals surface area (Å²) < 4.78 is 5.60. The number of hydrogen-bond acceptors (Lipinski definition) is 4. The van der Waals surface area contributed by atoms with Gasteiger partial charge in [-0.05, 0) is 46.9 Å². The number of rotatable bonds is 7. The number of carbonyl (C=O) groups excluding carboxylic acids is 2. The van der Waals surface area contributed by atoms with E-state index in [9.17, 15) is 14.4 Å². The Morgan fingerprint density at radius 2 is 1.59 bits per heavy atom. The van der Waals surface area contributed by atoms with E-state index in [0.717, 1.165) is 27.8 Å². The third kappa shape index (κ3) is 4.78. The minimum atomic E-state index is -0.971. The first-order chi connectivity index (χ1) is 16.3. The van der Waals surface area contributed by atoms with Gasteiger partial charge in [0.2, 0.25) is 0 Å². The molecule has 0 saturated heterocycles. The summed E-state index contributed by atoms with van der Waals surface area (Å²) in [7, 11) is 1.55. The Morgan fingerprint density at radius 3 is 2.21 bits per heavy atom. The molecule has 3 aromatic rings. The van der Waals surface area contributed by atoms with Crippen LogP contribution in [0.2, 0.25) is 0 Å². The summed E-state index contributed by atoms with van der Waals surface area (Å²) in [5, 5.41) is 11.6. The molecule has 3 aromatic carbocycles. The van der Waals surface area contributed by atoms with Crippen LogP contribution in [0.4, 0.5) is 10.5 Å². The molecule has 0 heterocycles. The zero-order valence-corrected chi connectivity index (χ0v) is 19.1. The van der Waals surface area contributed by atoms with E-state index in [-0.39, 0.29) is 31.4 Å². The van der Waals surface area contributed by atoms with Crippen LogP contribution >= 0.6 is 0 Å². The molecule has 2 N–H and O–H groups in total. The summed E-state index contributed by atoms with van der Waals surface area (Å²) in [6, 6.07) is 21.2. The van der Waals surface area contributed by atoms with Gasteiger partial charge in [-0.3, -0.25) is 14.9 Å². The molecule has 174 valence electrons. The monoisotopic (exact) mass is 458 g/mol. The third-order valence-corrected chi connectivity index (χ3v) is 6.07. The van der Waals surface area contributed by atoms with Gasteiger partial charge in [-0.2, -0.15) is 0 Å². The summed E-state index contributed by atoms with van der Waals surface area (Å²) >= 11 is 0. The first-order valence-corrected chi connectivity index (χ1v) is 11.0. The zero-order chi connectivity index (χ0) is 24.2. The van der Waals surface area contributed by atoms with Gasteiger partial charge in [-0.15, -0.1) is 0 Å². The van der Waals surface area contributed by atoms with E-state index in [0.29, 0.717) is 11.3 Å². The molecule has 2 amide bonds. The zero-order valence-electron chi connectivity index (χ0n) is 19.1. The molecule has 7 nitrogen and oxygen atoms in total. The number of carbonyl (C=O) groups is 3. The lowest BCUT2D eigenvalue weighted by Crippen LogP contribution is -2.29. The van der Waals surface area contributed by atoms with Crippen molar-refractivity contribution in [2.45, 2.75) is 19.3 Å². The van der Waals surface area contributed by atoms with Crippen LogP contribution in [0.1, 0.15) is 39.4 Å². The number of aryl methyl sites for hydroxylation is 1. The standard InChI is InChI=1S/C27H26N2O5/c1-17-11-12-18(26(32)29(2)14-13-25(30)31)15-24(17)28-27(33)34-16-23-21-9-5-3-7-19(21)20-8-4-6-10-22(20)23/h3-12,15,23H,13-14,16H2,1-2H3,(H,28,33)(H,30,31). The molecule has 0 radical (unpaired) electrons. The Morgan fingerprint density at radius 1 is 0.971 bits per heavy atom. The van der Waals surface area contributed by atoms with Gasteiger partial charge in [0, 0.05) is 30.8 Å². The van der Waals surface area contributed by atoms with Crippen molar-refractivity contribution in [3.8, 4) is 11.1 Å². The minimum Gasteiger partial charge on any atom is -0.481 e. The normalized spacial score (nSPS) is 11.9. The van der Waals surface area contributed by atoms with Crippen LogP contribution in [0.5, 0.6) is 0 Å². The van der Waals surface area contributed by atoms with Gasteiger partial charge in [-0.1, -0.05) is 54.6 Å². The van der Waals surface area contributed by atoms with Crippen molar-refractivity contribution in [3.63, 3.8) is 0 Å². The van der Waals surface area contributed by atoms with Crippen molar-refractivity contribution in [1.82, 2.24) is 4.90 Å². The van der Waals surface area contributed by atoms with E-state index in [1.165, 1.54) is 4.90 Å². The Labute approximate surface area is 198 Å². The maximum Gasteiger partial charge on any atom is 0.411 e. The number of anilines is 1. The summed E-state index contributed by atoms with van der Waals surface area (Å²) in [5.74, 6) is -1.34. The number of nitrogens with zero attached hydrogens (tertiary/aromatic N) is 1. The maximum absolute atomic E-state index is 12.6. The van der Waals surface area contributed by atoms with Gasteiger partial charge in [0.05, 0.1) is 6.42 Å². The molecule has 4 rings (SSSR count). The Kier molecular flexibility index (Phi) is 6.63. The van der Waals surface area contributed by atoms with Crippen LogP contribution in [0.25, 0.3) is 11.1 Å². The van der Waals surface area contributed by atoms with Crippen molar-refractivity contribution in [2.75, 3.05) is 25.5 Å². The quantitative estimate of drug-likeness (QED) is 0.525. The number of ether oxygens (including phenoxy) is 1. The lowest BCUT2D eigenvalue weighted by molar-refractivity contribution is -0.137. The van der Waals surface area contributed by atoms with Crippen LogP contribution in [0, 0.1) is 6.92 Å². The highest BCUT2D eigenvalue weighted by Gasteiger charge is 2.29. The number of fused-ring (bicyclic) bond motifs is 3. The molecule has 0 atom stereocenters. The predicted molar refractivity (Wildman–Crippen MR) is 129 cm³/mol. The number of hydrogen-bond donors (Lipinski definition) is 2. The number of nitrogens with one attached hydrogen (secondary N) is 1. The average molecular weight is 459 g/mol. The number of carboxylic acids is 1. The van der Waals surface area contributed by atoms with E-state index < -0.39 is 12.1 Å². The smallest absolute Gasteiger partial charge is 0.411 e. The van der Waals surface area contributed by atoms with Crippen LogP contribution in [0.3, 0.4) is 0 Å². The molecular formula is C27H26N2O5. The summed E-state index contributed by atoms with van der Waals surface area (Å²) in [6.45, 7) is 2.11. The first-order valence-electron chi connectivity index (χ1n) is 11.0. The van der Waals surface area contributed by atoms with Gasteiger partial charge in [-0.25, -0.2) is 4.79 Å². The molecule has 0 unspecified atom stereocenters. The fraction of sp³-hybridized carbons (Fsp3) is 0.222. The number of benzene rings is 3. The highest BCUT2D eigenvalue weighted by atomic mass is 16.5. The van der Waals surface area contributed by atoms with Gasteiger partial charge in [0.25, 0.3) is 5.91 Å². The van der Waals surface area contributed by atoms with Gasteiger partial charge in [0.15, 0.2) is 0 Å². The van der Waals surface area contributed by atoms with E-state index in [2.05, 4.69) is 29.6 Å². The second kappa shape index (κ2) is 9.79. The van der Waals surface area contributed by atoms with Crippen molar-refractivity contribution >= 4 is 23.7 Å². The van der Waals surface area contributed by atoms with Crippen LogP contribution < -0.4 is 5.32 Å². The van der Waals surface area contributed by atoms with Gasteiger partial charge < -0.3 is 14.7 Å². The summed E-state index contributed by atoms with van der Waals surface area (Å²) in [6.07, 6.45) is -0.743. The predicted octanol–water partition coefficient (Wildman–Crippen LogP) is 4.90. The topological polar surface area (TPSA) is 95.9 Å². The molecule has 7 heteroatoms. The Bertz CT molecular complexity index is 1210. The molecule has 0 fully saturated rings. The molecule has 0 aromatic heterocycles. The molecule has 0 aliphatic heterocycles. The first kappa shape index (κ1) is 23.0. The van der Waals surface area contributed by atoms with Gasteiger partial charge >= 0.3 is 12.1 Å². The highest BCUT2D eigenvalue weighted by molar-refractivity contribution is 5.96. The Balaban J connectivity index is 1.43. The highest BCUT2D eigenvalue weighted by Crippen LogP contribution is 2.44. The Hall–Kier alpha value is -4.13. The van der Waals surface area contributed by atoms with Crippen molar-refractivity contribution in [2.24, 2.45) is 0 Å². The van der Waals surface area contributed by atoms with Crippen molar-refractivity contribution < 1.29 is 24.2 Å². The van der Waals surface area contributed by atoms with Gasteiger partial charge in [0.1, 0.15) is 6.61 Å². The molecular weight excluding hydrogens is 432 g/mol. The molecule has 0 saturated carbocycles. The second-order valence-electron chi connectivity index (χ2n) is 8.35. The second-order valence-corrected chi connectivity index (χ2v) is 8.35. The van der Waals surface area contributed by atoms with E-state index in [4.69, 9.17) is 9.84 Å². The number of carboxylic acid groups (broad SMARTS) is 1. The van der Waals surface area contributed by atoms with E-state index in [1.54, 1.807) is 25.2 Å². The fourth-order valence-electron chi connectivity index (χ4n) is 4.22. The number of amides is 2. The van der Waals surface area contributed by atoms with Crippen LogP contribution in [-0.4, -0.2) is 48.2 Å². The summed E-state index contributed by atoms with van der Waals surface area (Å²) in [4.78, 5) is 37.4. The average Bonchev–Trinajstić information content (AvgIpc) is 3.16.